The van der Waals surface area contributed by atoms with Gasteiger partial charge >= 0.3 is 0 Å². The van der Waals surface area contributed by atoms with Gasteiger partial charge in [-0.2, -0.15) is 0 Å². The number of H-pyrrole nitrogens is 1. The number of hydrogen-bond donors (Lipinski definition) is 4. The molecule has 37 heavy (non-hydrogen) atoms. The second kappa shape index (κ2) is 10.9. The van der Waals surface area contributed by atoms with Crippen molar-refractivity contribution in [2.45, 2.75) is 30.8 Å². The third-order valence-electron chi connectivity index (χ3n) is 6.40. The predicted molar refractivity (Wildman–Crippen MR) is 150 cm³/mol. The van der Waals surface area contributed by atoms with Crippen molar-refractivity contribution < 1.29 is 9.59 Å². The van der Waals surface area contributed by atoms with Crippen molar-refractivity contribution in [1.29, 1.82) is 0 Å². The lowest BCUT2D eigenvalue weighted by Gasteiger charge is -2.25. The number of Topliss-reactive ketones (excluding diaryl/α,β-unsaturated/α-hetero) is 1. The van der Waals surface area contributed by atoms with Crippen LogP contribution in [0.15, 0.2) is 77.8 Å². The summed E-state index contributed by atoms with van der Waals surface area (Å²) < 4.78 is 0. The molecule has 1 aromatic heterocycles. The Bertz CT molecular complexity index is 1370. The number of hydrogen-bond acceptors (Lipinski definition) is 6. The first-order chi connectivity index (χ1) is 17.9. The fourth-order valence-corrected chi connectivity index (χ4v) is 5.86. The molecule has 1 aliphatic heterocycles. The van der Waals surface area contributed by atoms with Gasteiger partial charge in [-0.1, -0.05) is 29.8 Å². The number of carbonyl (C=O) groups excluding carboxylic acids is 2. The summed E-state index contributed by atoms with van der Waals surface area (Å²) in [4.78, 5) is 29.9. The van der Waals surface area contributed by atoms with Crippen LogP contribution >= 0.6 is 23.4 Å². The standard InChI is InChI=1S/C28H28ClN5O2S/c1-17(35)32-25-15-19(11-12-31-25)27-28(34(30)21-5-3-2-4-6-21)26-23(33-27)13-18(14-24(26)36)16-37-22-9-7-20(29)8-10-22/h2-12,15,18,25,31,33H,13-14,16,30H2,1H3,(H,32,35). The maximum atomic E-state index is 13.6. The van der Waals surface area contributed by atoms with Gasteiger partial charge in [-0.05, 0) is 67.1 Å². The molecule has 5 N–H and O–H groups in total. The van der Waals surface area contributed by atoms with Crippen LogP contribution in [0.3, 0.4) is 0 Å². The second-order valence-electron chi connectivity index (χ2n) is 9.17. The molecule has 2 aliphatic rings. The second-order valence-corrected chi connectivity index (χ2v) is 10.7. The molecule has 9 heteroatoms. The Morgan fingerprint density at radius 3 is 2.65 bits per heavy atom. The molecule has 190 valence electrons. The topological polar surface area (TPSA) is 103 Å². The van der Waals surface area contributed by atoms with Gasteiger partial charge in [0.15, 0.2) is 5.78 Å². The van der Waals surface area contributed by atoms with E-state index < -0.39 is 0 Å². The molecular formula is C28H28ClN5O2S. The number of ketones is 1. The average Bonchev–Trinajstić information content (AvgIpc) is 3.28. The first kappa shape index (κ1) is 25.2. The number of aromatic amines is 1. The molecule has 5 rings (SSSR count). The maximum Gasteiger partial charge on any atom is 0.218 e. The minimum absolute atomic E-state index is 0.0729. The molecule has 0 spiro atoms. The van der Waals surface area contributed by atoms with E-state index in [1.54, 1.807) is 23.0 Å². The molecule has 1 aliphatic carbocycles. The average molecular weight is 534 g/mol. The quantitative estimate of drug-likeness (QED) is 0.189. The monoisotopic (exact) mass is 533 g/mol. The normalized spacial score (nSPS) is 18.6. The number of dihydropyridines is 1. The zero-order valence-electron chi connectivity index (χ0n) is 20.3. The van der Waals surface area contributed by atoms with E-state index in [-0.39, 0.29) is 23.8 Å². The minimum Gasteiger partial charge on any atom is -0.368 e. The molecule has 0 bridgehead atoms. The van der Waals surface area contributed by atoms with Crippen LogP contribution in [0.2, 0.25) is 5.02 Å². The Morgan fingerprint density at radius 2 is 1.92 bits per heavy atom. The number of halogens is 1. The fraction of sp³-hybridized carbons (Fsp3) is 0.214. The number of allylic oxidation sites excluding steroid dienone is 2. The van der Waals surface area contributed by atoms with Crippen LogP contribution in [0.25, 0.3) is 5.57 Å². The van der Waals surface area contributed by atoms with E-state index >= 15 is 0 Å². The van der Waals surface area contributed by atoms with Gasteiger partial charge in [0, 0.05) is 40.3 Å². The van der Waals surface area contributed by atoms with Crippen molar-refractivity contribution in [1.82, 2.24) is 15.6 Å². The number of amides is 1. The maximum absolute atomic E-state index is 13.6. The highest BCUT2D eigenvalue weighted by Gasteiger charge is 2.34. The lowest BCUT2D eigenvalue weighted by Crippen LogP contribution is -2.41. The number of rotatable bonds is 7. The zero-order chi connectivity index (χ0) is 25.9. The number of nitrogens with zero attached hydrogens (tertiary/aromatic N) is 1. The van der Waals surface area contributed by atoms with E-state index in [0.29, 0.717) is 22.7 Å². The number of carbonyl (C=O) groups is 2. The highest BCUT2D eigenvalue weighted by atomic mass is 35.5. The van der Waals surface area contributed by atoms with E-state index in [9.17, 15) is 9.59 Å². The van der Waals surface area contributed by atoms with Crippen molar-refractivity contribution in [3.63, 3.8) is 0 Å². The molecule has 0 radical (unpaired) electrons. The summed E-state index contributed by atoms with van der Waals surface area (Å²) in [5, 5.41) is 8.27. The van der Waals surface area contributed by atoms with Crippen LogP contribution in [-0.2, 0) is 11.2 Å². The number of nitrogens with two attached hydrogens (primary N) is 1. The Morgan fingerprint density at radius 1 is 1.16 bits per heavy atom. The molecule has 7 nitrogen and oxygen atoms in total. The highest BCUT2D eigenvalue weighted by molar-refractivity contribution is 7.99. The van der Waals surface area contributed by atoms with Crippen molar-refractivity contribution in [3.05, 3.63) is 94.9 Å². The first-order valence-corrected chi connectivity index (χ1v) is 13.4. The molecule has 2 unspecified atom stereocenters. The summed E-state index contributed by atoms with van der Waals surface area (Å²) in [6, 6.07) is 17.3. The molecule has 0 saturated carbocycles. The number of hydrazine groups is 1. The molecule has 0 fully saturated rings. The Kier molecular flexibility index (Phi) is 7.41. The number of thioether (sulfide) groups is 1. The van der Waals surface area contributed by atoms with Crippen LogP contribution in [0.1, 0.15) is 35.1 Å². The first-order valence-electron chi connectivity index (χ1n) is 12.1. The fourth-order valence-electron chi connectivity index (χ4n) is 4.74. The van der Waals surface area contributed by atoms with E-state index in [2.05, 4.69) is 15.6 Å². The summed E-state index contributed by atoms with van der Waals surface area (Å²) in [6.45, 7) is 1.48. The highest BCUT2D eigenvalue weighted by Crippen LogP contribution is 2.41. The number of benzene rings is 2. The number of fused-ring (bicyclic) bond motifs is 1. The Labute approximate surface area is 225 Å². The number of anilines is 2. The van der Waals surface area contributed by atoms with Crippen LogP contribution in [-0.4, -0.2) is 28.6 Å². The molecule has 0 saturated heterocycles. The van der Waals surface area contributed by atoms with Gasteiger partial charge < -0.3 is 15.6 Å². The van der Waals surface area contributed by atoms with Crippen molar-refractivity contribution in [3.8, 4) is 0 Å². The summed E-state index contributed by atoms with van der Waals surface area (Å²) in [6.07, 6.45) is 6.44. The smallest absolute Gasteiger partial charge is 0.218 e. The molecule has 3 aromatic rings. The van der Waals surface area contributed by atoms with E-state index in [1.165, 1.54) is 6.92 Å². The Hall–Kier alpha value is -3.46. The van der Waals surface area contributed by atoms with Gasteiger partial charge in [0.2, 0.25) is 5.91 Å². The van der Waals surface area contributed by atoms with E-state index in [1.807, 2.05) is 66.7 Å². The largest absolute Gasteiger partial charge is 0.368 e. The lowest BCUT2D eigenvalue weighted by atomic mass is 9.87. The number of nitrogens with one attached hydrogen (secondary N) is 3. The van der Waals surface area contributed by atoms with Gasteiger partial charge in [0.05, 0.1) is 22.6 Å². The Balaban J connectivity index is 1.49. The van der Waals surface area contributed by atoms with Gasteiger partial charge in [-0.25, -0.2) is 5.84 Å². The molecule has 2 heterocycles. The van der Waals surface area contributed by atoms with Gasteiger partial charge in [0.25, 0.3) is 0 Å². The third-order valence-corrected chi connectivity index (χ3v) is 7.90. The van der Waals surface area contributed by atoms with Crippen LogP contribution in [0.4, 0.5) is 11.4 Å². The summed E-state index contributed by atoms with van der Waals surface area (Å²) in [5.74, 6) is 7.60. The van der Waals surface area contributed by atoms with Gasteiger partial charge in [0.1, 0.15) is 6.17 Å². The van der Waals surface area contributed by atoms with Gasteiger partial charge in [-0.15, -0.1) is 11.8 Å². The lowest BCUT2D eigenvalue weighted by molar-refractivity contribution is -0.119. The van der Waals surface area contributed by atoms with Crippen molar-refractivity contribution >= 4 is 52.0 Å². The summed E-state index contributed by atoms with van der Waals surface area (Å²) >= 11 is 7.74. The summed E-state index contributed by atoms with van der Waals surface area (Å²) in [5.41, 5.74) is 4.54. The zero-order valence-corrected chi connectivity index (χ0v) is 21.9. The predicted octanol–water partition coefficient (Wildman–Crippen LogP) is 5.18. The minimum atomic E-state index is -0.368. The molecule has 2 atom stereocenters. The van der Waals surface area contributed by atoms with Crippen LogP contribution in [0, 0.1) is 5.92 Å². The third kappa shape index (κ3) is 5.61. The number of aromatic nitrogens is 1. The van der Waals surface area contributed by atoms with Crippen LogP contribution in [0.5, 0.6) is 0 Å². The number of para-hydroxylation sites is 1. The summed E-state index contributed by atoms with van der Waals surface area (Å²) in [7, 11) is 0. The van der Waals surface area contributed by atoms with Crippen LogP contribution < -0.4 is 21.5 Å². The van der Waals surface area contributed by atoms with E-state index in [0.717, 1.165) is 39.7 Å². The van der Waals surface area contributed by atoms with Gasteiger partial charge in [-0.3, -0.25) is 14.6 Å². The molecular weight excluding hydrogens is 506 g/mol. The molecule has 2 aromatic carbocycles. The van der Waals surface area contributed by atoms with Crippen molar-refractivity contribution in [2.75, 3.05) is 10.8 Å². The van der Waals surface area contributed by atoms with E-state index in [4.69, 9.17) is 17.4 Å². The van der Waals surface area contributed by atoms with Crippen molar-refractivity contribution in [2.24, 2.45) is 11.8 Å². The molecule has 1 amide bonds. The SMILES string of the molecule is CC(=O)NC1C=C(c2[nH]c3c(c2N(N)c2ccccc2)C(=O)CC(CSc2ccc(Cl)cc2)C3)C=CN1.